The average molecular weight is 269 g/mol. The number of rotatable bonds is 4. The van der Waals surface area contributed by atoms with E-state index in [2.05, 4.69) is 20.4 Å². The summed E-state index contributed by atoms with van der Waals surface area (Å²) in [6, 6.07) is 5.34. The Kier molecular flexibility index (Phi) is 3.94. The van der Waals surface area contributed by atoms with Crippen LogP contribution >= 0.6 is 0 Å². The molecule has 1 atom stereocenters. The lowest BCUT2D eigenvalue weighted by Gasteiger charge is -2.09. The number of halogens is 2. The number of amides is 1. The predicted molar refractivity (Wildman–Crippen MR) is 65.1 cm³/mol. The van der Waals surface area contributed by atoms with Gasteiger partial charge in [0.25, 0.3) is 5.91 Å². The molecule has 1 amide bonds. The minimum Gasteiger partial charge on any atom is -0.435 e. The van der Waals surface area contributed by atoms with E-state index in [4.69, 9.17) is 0 Å². The Labute approximate surface area is 108 Å². The van der Waals surface area contributed by atoms with Crippen molar-refractivity contribution in [2.75, 3.05) is 6.54 Å². The zero-order valence-corrected chi connectivity index (χ0v) is 10.2. The second kappa shape index (κ2) is 5.64. The summed E-state index contributed by atoms with van der Waals surface area (Å²) in [5.41, 5.74) is 0.653. The molecule has 1 saturated heterocycles. The SMILES string of the molecule is CCN=C1NC(=O)C(c2ccc(OC(F)F)cc2)N1. The first kappa shape index (κ1) is 13.3. The van der Waals surface area contributed by atoms with E-state index in [0.717, 1.165) is 0 Å². The molecule has 1 aromatic carbocycles. The van der Waals surface area contributed by atoms with Crippen molar-refractivity contribution >= 4 is 11.9 Å². The molecule has 0 aliphatic carbocycles. The van der Waals surface area contributed by atoms with Crippen LogP contribution < -0.4 is 15.4 Å². The van der Waals surface area contributed by atoms with Gasteiger partial charge < -0.3 is 10.1 Å². The van der Waals surface area contributed by atoms with Crippen LogP contribution in [0.3, 0.4) is 0 Å². The van der Waals surface area contributed by atoms with Gasteiger partial charge in [-0.1, -0.05) is 12.1 Å². The predicted octanol–water partition coefficient (Wildman–Crippen LogP) is 1.42. The number of nitrogens with one attached hydrogen (secondary N) is 2. The minimum absolute atomic E-state index is 0.0552. The van der Waals surface area contributed by atoms with Gasteiger partial charge in [-0.25, -0.2) is 0 Å². The van der Waals surface area contributed by atoms with Crippen LogP contribution in [0.2, 0.25) is 0 Å². The number of ether oxygens (including phenoxy) is 1. The first-order valence-corrected chi connectivity index (χ1v) is 5.76. The molecule has 1 aliphatic rings. The Morgan fingerprint density at radius 1 is 1.37 bits per heavy atom. The molecule has 0 radical (unpaired) electrons. The van der Waals surface area contributed by atoms with Gasteiger partial charge in [-0.3, -0.25) is 15.1 Å². The monoisotopic (exact) mass is 269 g/mol. The van der Waals surface area contributed by atoms with Gasteiger partial charge in [0, 0.05) is 6.54 Å². The van der Waals surface area contributed by atoms with Crippen molar-refractivity contribution in [1.29, 1.82) is 0 Å². The molecule has 0 bridgehead atoms. The van der Waals surface area contributed by atoms with Crippen molar-refractivity contribution in [1.82, 2.24) is 10.6 Å². The van der Waals surface area contributed by atoms with Crippen LogP contribution in [0.5, 0.6) is 5.75 Å². The van der Waals surface area contributed by atoms with Gasteiger partial charge in [-0.15, -0.1) is 0 Å². The fraction of sp³-hybridized carbons (Fsp3) is 0.333. The summed E-state index contributed by atoms with van der Waals surface area (Å²) in [6.45, 7) is -0.455. The van der Waals surface area contributed by atoms with Crippen LogP contribution in [0.1, 0.15) is 18.5 Å². The lowest BCUT2D eigenvalue weighted by Crippen LogP contribution is -2.25. The topological polar surface area (TPSA) is 62.7 Å². The number of hydrogen-bond donors (Lipinski definition) is 2. The Morgan fingerprint density at radius 3 is 2.63 bits per heavy atom. The summed E-state index contributed by atoms with van der Waals surface area (Å²) >= 11 is 0. The lowest BCUT2D eigenvalue weighted by molar-refractivity contribution is -0.120. The third-order valence-electron chi connectivity index (χ3n) is 2.54. The average Bonchev–Trinajstić information content (AvgIpc) is 2.71. The van der Waals surface area contributed by atoms with Gasteiger partial charge in [0.15, 0.2) is 5.96 Å². The fourth-order valence-electron chi connectivity index (χ4n) is 1.75. The normalized spacial score (nSPS) is 20.5. The maximum absolute atomic E-state index is 12.0. The molecule has 1 aliphatic heterocycles. The van der Waals surface area contributed by atoms with Crippen LogP contribution in [0.25, 0.3) is 0 Å². The van der Waals surface area contributed by atoms with Gasteiger partial charge in [0.1, 0.15) is 11.8 Å². The number of guanidine groups is 1. The quantitative estimate of drug-likeness (QED) is 0.869. The lowest BCUT2D eigenvalue weighted by atomic mass is 10.1. The number of hydrogen-bond acceptors (Lipinski definition) is 3. The molecule has 0 aromatic heterocycles. The first-order valence-electron chi connectivity index (χ1n) is 5.76. The maximum atomic E-state index is 12.0. The van der Waals surface area contributed by atoms with Crippen molar-refractivity contribution in [3.63, 3.8) is 0 Å². The molecule has 1 heterocycles. The van der Waals surface area contributed by atoms with E-state index in [-0.39, 0.29) is 11.7 Å². The molecule has 1 aromatic rings. The molecule has 7 heteroatoms. The molecule has 2 rings (SSSR count). The van der Waals surface area contributed by atoms with Crippen molar-refractivity contribution < 1.29 is 18.3 Å². The molecular formula is C12H13F2N3O2. The van der Waals surface area contributed by atoms with Gasteiger partial charge in [-0.05, 0) is 24.6 Å². The number of carbonyl (C=O) groups excluding carboxylic acids is 1. The smallest absolute Gasteiger partial charge is 0.387 e. The summed E-state index contributed by atoms with van der Waals surface area (Å²) in [6.07, 6.45) is 0. The molecule has 19 heavy (non-hydrogen) atoms. The summed E-state index contributed by atoms with van der Waals surface area (Å²) in [5.74, 6) is 0.250. The van der Waals surface area contributed by atoms with E-state index in [1.54, 1.807) is 12.1 Å². The van der Waals surface area contributed by atoms with Crippen LogP contribution in [-0.4, -0.2) is 25.0 Å². The molecule has 0 spiro atoms. The van der Waals surface area contributed by atoms with Gasteiger partial charge in [0.05, 0.1) is 0 Å². The largest absolute Gasteiger partial charge is 0.435 e. The van der Waals surface area contributed by atoms with Gasteiger partial charge >= 0.3 is 6.61 Å². The van der Waals surface area contributed by atoms with Crippen molar-refractivity contribution in [3.05, 3.63) is 29.8 Å². The molecule has 1 fully saturated rings. The van der Waals surface area contributed by atoms with E-state index in [9.17, 15) is 13.6 Å². The summed E-state index contributed by atoms with van der Waals surface area (Å²) in [4.78, 5) is 15.8. The number of aliphatic imine (C=N–C) groups is 1. The van der Waals surface area contributed by atoms with E-state index in [0.29, 0.717) is 18.1 Å². The van der Waals surface area contributed by atoms with E-state index in [1.807, 2.05) is 6.92 Å². The molecule has 5 nitrogen and oxygen atoms in total. The summed E-state index contributed by atoms with van der Waals surface area (Å²) in [5, 5.41) is 5.52. The Bertz CT molecular complexity index is 488. The third kappa shape index (κ3) is 3.18. The maximum Gasteiger partial charge on any atom is 0.387 e. The van der Waals surface area contributed by atoms with E-state index < -0.39 is 12.7 Å². The Hall–Kier alpha value is -2.18. The zero-order chi connectivity index (χ0) is 13.8. The number of alkyl halides is 2. The standard InChI is InChI=1S/C12H13F2N3O2/c1-2-15-12-16-9(10(18)17-12)7-3-5-8(6-4-7)19-11(13)14/h3-6,9,11H,2H2,1H3,(H2,15,16,17,18). The number of benzene rings is 1. The van der Waals surface area contributed by atoms with Gasteiger partial charge in [0.2, 0.25) is 0 Å². The Morgan fingerprint density at radius 2 is 2.05 bits per heavy atom. The van der Waals surface area contributed by atoms with Crippen LogP contribution in [0, 0.1) is 0 Å². The molecule has 2 N–H and O–H groups in total. The Balaban J connectivity index is 2.10. The highest BCUT2D eigenvalue weighted by Gasteiger charge is 2.29. The molecule has 1 unspecified atom stereocenters. The van der Waals surface area contributed by atoms with Crippen LogP contribution in [0.15, 0.2) is 29.3 Å². The van der Waals surface area contributed by atoms with Gasteiger partial charge in [-0.2, -0.15) is 8.78 Å². The molecule has 0 saturated carbocycles. The highest BCUT2D eigenvalue weighted by Crippen LogP contribution is 2.21. The van der Waals surface area contributed by atoms with Crippen molar-refractivity contribution in [2.24, 2.45) is 4.99 Å². The highest BCUT2D eigenvalue weighted by atomic mass is 19.3. The summed E-state index contributed by atoms with van der Waals surface area (Å²) in [7, 11) is 0. The third-order valence-corrected chi connectivity index (χ3v) is 2.54. The van der Waals surface area contributed by atoms with E-state index >= 15 is 0 Å². The second-order valence-electron chi connectivity index (χ2n) is 3.84. The highest BCUT2D eigenvalue weighted by molar-refractivity contribution is 6.06. The fourth-order valence-corrected chi connectivity index (χ4v) is 1.75. The number of carbonyl (C=O) groups is 1. The van der Waals surface area contributed by atoms with Crippen molar-refractivity contribution in [3.8, 4) is 5.75 Å². The number of nitrogens with zero attached hydrogens (tertiary/aromatic N) is 1. The molecular weight excluding hydrogens is 256 g/mol. The van der Waals surface area contributed by atoms with Crippen LogP contribution in [-0.2, 0) is 4.79 Å². The second-order valence-corrected chi connectivity index (χ2v) is 3.84. The molecule has 102 valence electrons. The zero-order valence-electron chi connectivity index (χ0n) is 10.2. The summed E-state index contributed by atoms with van der Waals surface area (Å²) < 4.78 is 28.3. The van der Waals surface area contributed by atoms with Crippen molar-refractivity contribution in [2.45, 2.75) is 19.6 Å². The minimum atomic E-state index is -2.86. The van der Waals surface area contributed by atoms with E-state index in [1.165, 1.54) is 12.1 Å². The van der Waals surface area contributed by atoms with Crippen LogP contribution in [0.4, 0.5) is 8.78 Å². The first-order chi connectivity index (χ1) is 9.10.